The van der Waals surface area contributed by atoms with E-state index in [9.17, 15) is 14.9 Å². The van der Waals surface area contributed by atoms with Crippen molar-refractivity contribution in [2.45, 2.75) is 19.9 Å². The van der Waals surface area contributed by atoms with Gasteiger partial charge in [0.05, 0.1) is 23.4 Å². The maximum absolute atomic E-state index is 12.1. The number of anilines is 1. The number of aromatic nitrogens is 2. The van der Waals surface area contributed by atoms with Crippen molar-refractivity contribution in [1.82, 2.24) is 9.78 Å². The first-order valence-corrected chi connectivity index (χ1v) is 8.17. The molecule has 0 radical (unpaired) electrons. The largest absolute Gasteiger partial charge is 0.390 e. The van der Waals surface area contributed by atoms with Crippen LogP contribution >= 0.6 is 0 Å². The quantitative estimate of drug-likeness (QED) is 0.541. The number of amides is 1. The predicted molar refractivity (Wildman–Crippen MR) is 98.7 cm³/mol. The molecule has 0 atom stereocenters. The number of benzene rings is 2. The van der Waals surface area contributed by atoms with Crippen LogP contribution in [-0.2, 0) is 11.3 Å². The number of nitrogens with one attached hydrogen (secondary N) is 1. The van der Waals surface area contributed by atoms with E-state index in [0.717, 1.165) is 11.1 Å². The van der Waals surface area contributed by atoms with Crippen LogP contribution < -0.4 is 5.32 Å². The minimum atomic E-state index is -0.544. The van der Waals surface area contributed by atoms with Gasteiger partial charge in [-0.1, -0.05) is 42.5 Å². The van der Waals surface area contributed by atoms with Gasteiger partial charge in [0.2, 0.25) is 5.91 Å². The summed E-state index contributed by atoms with van der Waals surface area (Å²) in [4.78, 5) is 22.3. The predicted octanol–water partition coefficient (Wildman–Crippen LogP) is 3.80. The van der Waals surface area contributed by atoms with E-state index >= 15 is 0 Å². The number of hydrogen-bond acceptors (Lipinski definition) is 4. The number of nitro groups is 1. The highest BCUT2D eigenvalue weighted by atomic mass is 16.6. The standard InChI is InChI=1S/C19H18N4O3/c1-14-13-18(23(25)26)21-22(14)12-11-19(24)20-17-9-7-16(8-10-17)15-5-3-2-4-6-15/h2-10,13H,11-12H2,1H3,(H,20,24). The fourth-order valence-corrected chi connectivity index (χ4v) is 2.62. The molecule has 0 spiro atoms. The van der Waals surface area contributed by atoms with Crippen LogP contribution in [0.3, 0.4) is 0 Å². The Balaban J connectivity index is 1.57. The molecule has 132 valence electrons. The first kappa shape index (κ1) is 17.3. The Kier molecular flexibility index (Phi) is 5.07. The van der Waals surface area contributed by atoms with Gasteiger partial charge in [-0.3, -0.25) is 4.79 Å². The van der Waals surface area contributed by atoms with Crippen LogP contribution in [0.2, 0.25) is 0 Å². The molecule has 7 nitrogen and oxygen atoms in total. The molecular formula is C19H18N4O3. The van der Waals surface area contributed by atoms with Gasteiger partial charge in [0.1, 0.15) is 0 Å². The maximum Gasteiger partial charge on any atom is 0.390 e. The molecule has 3 aromatic rings. The minimum Gasteiger partial charge on any atom is -0.358 e. The molecule has 0 fully saturated rings. The number of carbonyl (C=O) groups excluding carboxylic acids is 1. The third-order valence-electron chi connectivity index (χ3n) is 3.98. The van der Waals surface area contributed by atoms with Crippen molar-refractivity contribution >= 4 is 17.4 Å². The molecule has 1 aromatic heterocycles. The van der Waals surface area contributed by atoms with Crippen LogP contribution in [0.4, 0.5) is 11.5 Å². The molecular weight excluding hydrogens is 332 g/mol. The molecule has 0 aliphatic heterocycles. The molecule has 0 unspecified atom stereocenters. The second-order valence-corrected chi connectivity index (χ2v) is 5.87. The van der Waals surface area contributed by atoms with Gasteiger partial charge in [0, 0.05) is 12.1 Å². The molecule has 26 heavy (non-hydrogen) atoms. The van der Waals surface area contributed by atoms with Crippen LogP contribution in [-0.4, -0.2) is 20.6 Å². The Morgan fingerprint density at radius 2 is 1.77 bits per heavy atom. The van der Waals surface area contributed by atoms with E-state index in [4.69, 9.17) is 0 Å². The first-order valence-electron chi connectivity index (χ1n) is 8.17. The van der Waals surface area contributed by atoms with Crippen molar-refractivity contribution in [2.24, 2.45) is 0 Å². The van der Waals surface area contributed by atoms with E-state index in [0.29, 0.717) is 11.4 Å². The lowest BCUT2D eigenvalue weighted by atomic mass is 10.1. The van der Waals surface area contributed by atoms with Gasteiger partial charge in [-0.05, 0) is 35.1 Å². The number of carbonyl (C=O) groups is 1. The normalized spacial score (nSPS) is 10.5. The summed E-state index contributed by atoms with van der Waals surface area (Å²) in [7, 11) is 0. The zero-order valence-electron chi connectivity index (χ0n) is 14.3. The Morgan fingerprint density at radius 1 is 1.12 bits per heavy atom. The van der Waals surface area contributed by atoms with Crippen molar-refractivity contribution in [3.8, 4) is 11.1 Å². The van der Waals surface area contributed by atoms with E-state index in [1.54, 1.807) is 6.92 Å². The van der Waals surface area contributed by atoms with Crippen LogP contribution in [0, 0.1) is 17.0 Å². The Hall–Kier alpha value is -3.48. The van der Waals surface area contributed by atoms with Crippen molar-refractivity contribution in [3.05, 3.63) is 76.5 Å². The van der Waals surface area contributed by atoms with E-state index in [1.165, 1.54) is 10.7 Å². The SMILES string of the molecule is Cc1cc([N+](=O)[O-])nn1CCC(=O)Nc1ccc(-c2ccccc2)cc1. The molecule has 7 heteroatoms. The van der Waals surface area contributed by atoms with Crippen molar-refractivity contribution in [1.29, 1.82) is 0 Å². The Morgan fingerprint density at radius 3 is 2.38 bits per heavy atom. The van der Waals surface area contributed by atoms with E-state index < -0.39 is 4.92 Å². The smallest absolute Gasteiger partial charge is 0.358 e. The van der Waals surface area contributed by atoms with E-state index in [2.05, 4.69) is 10.4 Å². The monoisotopic (exact) mass is 350 g/mol. The van der Waals surface area contributed by atoms with Gasteiger partial charge in [0.25, 0.3) is 0 Å². The number of hydrogen-bond donors (Lipinski definition) is 1. The summed E-state index contributed by atoms with van der Waals surface area (Å²) in [5.74, 6) is -0.380. The summed E-state index contributed by atoms with van der Waals surface area (Å²) in [5.41, 5.74) is 3.54. The zero-order chi connectivity index (χ0) is 18.5. The second-order valence-electron chi connectivity index (χ2n) is 5.87. The highest BCUT2D eigenvalue weighted by molar-refractivity contribution is 5.90. The summed E-state index contributed by atoms with van der Waals surface area (Å²) < 4.78 is 1.47. The third kappa shape index (κ3) is 4.13. The van der Waals surface area contributed by atoms with Crippen LogP contribution in [0.25, 0.3) is 11.1 Å². The topological polar surface area (TPSA) is 90.1 Å². The van der Waals surface area contributed by atoms with Crippen LogP contribution in [0.15, 0.2) is 60.7 Å². The van der Waals surface area contributed by atoms with Gasteiger partial charge < -0.3 is 15.4 Å². The lowest BCUT2D eigenvalue weighted by Crippen LogP contribution is -2.15. The minimum absolute atomic E-state index is 0.171. The molecule has 1 heterocycles. The van der Waals surface area contributed by atoms with Gasteiger partial charge in [-0.25, -0.2) is 0 Å². The van der Waals surface area contributed by atoms with Crippen molar-refractivity contribution < 1.29 is 9.72 Å². The lowest BCUT2D eigenvalue weighted by Gasteiger charge is -2.07. The Bertz CT molecular complexity index is 918. The van der Waals surface area contributed by atoms with Crippen LogP contribution in [0.1, 0.15) is 12.1 Å². The molecule has 1 amide bonds. The van der Waals surface area contributed by atoms with Gasteiger partial charge in [-0.15, -0.1) is 0 Å². The zero-order valence-corrected chi connectivity index (χ0v) is 14.3. The molecule has 0 aliphatic rings. The molecule has 2 aromatic carbocycles. The third-order valence-corrected chi connectivity index (χ3v) is 3.98. The fourth-order valence-electron chi connectivity index (χ4n) is 2.62. The second kappa shape index (κ2) is 7.60. The molecule has 0 bridgehead atoms. The van der Waals surface area contributed by atoms with Gasteiger partial charge in [-0.2, -0.15) is 4.68 Å². The molecule has 1 N–H and O–H groups in total. The van der Waals surface area contributed by atoms with E-state index in [1.807, 2.05) is 54.6 Å². The summed E-state index contributed by atoms with van der Waals surface area (Å²) in [6.07, 6.45) is 0.181. The number of nitrogens with zero attached hydrogens (tertiary/aromatic N) is 3. The summed E-state index contributed by atoms with van der Waals surface area (Å²) >= 11 is 0. The van der Waals surface area contributed by atoms with Gasteiger partial charge >= 0.3 is 5.82 Å². The number of aryl methyl sites for hydroxylation is 2. The maximum atomic E-state index is 12.1. The fraction of sp³-hybridized carbons (Fsp3) is 0.158. The van der Waals surface area contributed by atoms with E-state index in [-0.39, 0.29) is 24.7 Å². The lowest BCUT2D eigenvalue weighted by molar-refractivity contribution is -0.389. The molecule has 0 saturated carbocycles. The molecule has 3 rings (SSSR count). The van der Waals surface area contributed by atoms with Gasteiger partial charge in [0.15, 0.2) is 0 Å². The van der Waals surface area contributed by atoms with Crippen molar-refractivity contribution in [3.63, 3.8) is 0 Å². The Labute approximate surface area is 150 Å². The average Bonchev–Trinajstić information content (AvgIpc) is 3.02. The summed E-state index contributed by atoms with van der Waals surface area (Å²) in [6.45, 7) is 2.01. The average molecular weight is 350 g/mol. The molecule has 0 aliphatic carbocycles. The summed E-state index contributed by atoms with van der Waals surface area (Å²) in [6, 6.07) is 19.0. The summed E-state index contributed by atoms with van der Waals surface area (Å²) in [5, 5.41) is 17.4. The highest BCUT2D eigenvalue weighted by Crippen LogP contribution is 2.21. The van der Waals surface area contributed by atoms with Crippen molar-refractivity contribution in [2.75, 3.05) is 5.32 Å². The highest BCUT2D eigenvalue weighted by Gasteiger charge is 2.16. The first-order chi connectivity index (χ1) is 12.5. The number of rotatable bonds is 6. The van der Waals surface area contributed by atoms with Crippen LogP contribution in [0.5, 0.6) is 0 Å². The molecule has 0 saturated heterocycles.